The monoisotopic (exact) mass is 774 g/mol. The normalized spacial score (nSPS) is 11.5. The van der Waals surface area contributed by atoms with E-state index in [-0.39, 0.29) is 0 Å². The maximum atomic E-state index is 2.31. The summed E-state index contributed by atoms with van der Waals surface area (Å²) in [5, 5.41) is 0. The van der Waals surface area contributed by atoms with Crippen molar-refractivity contribution in [1.82, 2.24) is 0 Å². The van der Waals surface area contributed by atoms with Gasteiger partial charge in [0.2, 0.25) is 0 Å². The fraction of sp³-hybridized carbons (Fsp3) is 0.0164. The third-order valence-corrected chi connectivity index (χ3v) is 12.4. The third kappa shape index (κ3) is 7.09. The van der Waals surface area contributed by atoms with E-state index in [0.29, 0.717) is 0 Å². The molecule has 0 atom stereocenters. The Kier molecular flexibility index (Phi) is 9.37. The van der Waals surface area contributed by atoms with Crippen molar-refractivity contribution in [2.45, 2.75) is 6.42 Å². The van der Waals surface area contributed by atoms with Crippen molar-refractivity contribution in [2.24, 2.45) is 0 Å². The minimum atomic E-state index is 0.911. The van der Waals surface area contributed by atoms with Crippen LogP contribution in [0.3, 0.4) is 0 Å². The van der Waals surface area contributed by atoms with Gasteiger partial charge in [-0.15, -0.1) is 0 Å². The number of hydrogen-bond donors (Lipinski definition) is 0. The van der Waals surface area contributed by atoms with Gasteiger partial charge in [-0.25, -0.2) is 0 Å². The molecule has 10 aromatic rings. The average molecular weight is 775 g/mol. The van der Waals surface area contributed by atoms with Gasteiger partial charge in [-0.2, -0.15) is 0 Å². The lowest BCUT2D eigenvalue weighted by molar-refractivity contribution is 1.26. The van der Waals surface area contributed by atoms with Crippen molar-refractivity contribution in [3.63, 3.8) is 0 Å². The smallest absolute Gasteiger partial charge is 0.000112 e. The van der Waals surface area contributed by atoms with Crippen LogP contribution in [0, 0.1) is 0 Å². The Morgan fingerprint density at radius 3 is 0.721 bits per heavy atom. The zero-order valence-electron chi connectivity index (χ0n) is 33.8. The van der Waals surface area contributed by atoms with Gasteiger partial charge in [-0.05, 0) is 142 Å². The van der Waals surface area contributed by atoms with Crippen molar-refractivity contribution in [3.8, 4) is 100 Å². The molecule has 0 radical (unpaired) electrons. The van der Waals surface area contributed by atoms with Crippen LogP contribution in [0.15, 0.2) is 243 Å². The van der Waals surface area contributed by atoms with Crippen molar-refractivity contribution in [1.29, 1.82) is 0 Å². The standard InChI is InChI=1S/C61H42/c1-3-13-42(14-4-1)48-17-7-21-52(37-48)54-23-9-19-50(39-54)44-29-33-46(34-30-44)56-25-11-27-58-59-28-12-26-57(61(59)41-60(56)58)47-35-31-45(32-36-47)51-20-10-24-55(40-51)53-22-8-18-49(38-53)43-15-5-2-6-16-43/h1-40H,41H2. The van der Waals surface area contributed by atoms with Crippen LogP contribution >= 0.6 is 0 Å². The maximum Gasteiger partial charge on any atom is -0.000112 e. The second-order valence-corrected chi connectivity index (χ2v) is 16.1. The molecule has 0 heterocycles. The third-order valence-electron chi connectivity index (χ3n) is 12.4. The molecule has 286 valence electrons. The number of hydrogen-bond acceptors (Lipinski definition) is 0. The van der Waals surface area contributed by atoms with Crippen LogP contribution < -0.4 is 0 Å². The summed E-state index contributed by atoms with van der Waals surface area (Å²) in [7, 11) is 0. The summed E-state index contributed by atoms with van der Waals surface area (Å²) in [6.07, 6.45) is 0.911. The van der Waals surface area contributed by atoms with Crippen molar-refractivity contribution in [3.05, 3.63) is 254 Å². The molecule has 0 fully saturated rings. The van der Waals surface area contributed by atoms with Crippen LogP contribution in [0.2, 0.25) is 0 Å². The van der Waals surface area contributed by atoms with Gasteiger partial charge in [0.1, 0.15) is 0 Å². The lowest BCUT2D eigenvalue weighted by atomic mass is 9.93. The van der Waals surface area contributed by atoms with Crippen LogP contribution in [0.4, 0.5) is 0 Å². The number of benzene rings is 10. The second-order valence-electron chi connectivity index (χ2n) is 16.1. The van der Waals surface area contributed by atoms with E-state index in [0.717, 1.165) is 6.42 Å². The first-order valence-electron chi connectivity index (χ1n) is 21.2. The van der Waals surface area contributed by atoms with E-state index in [1.165, 1.54) is 111 Å². The molecule has 0 nitrogen and oxygen atoms in total. The summed E-state index contributed by atoms with van der Waals surface area (Å²) < 4.78 is 0. The lowest BCUT2D eigenvalue weighted by Crippen LogP contribution is -1.90. The van der Waals surface area contributed by atoms with E-state index in [9.17, 15) is 0 Å². The Morgan fingerprint density at radius 1 is 0.164 bits per heavy atom. The van der Waals surface area contributed by atoms with E-state index in [2.05, 4.69) is 243 Å². The fourth-order valence-electron chi connectivity index (χ4n) is 9.24. The average Bonchev–Trinajstić information content (AvgIpc) is 3.74. The van der Waals surface area contributed by atoms with E-state index in [1.807, 2.05) is 0 Å². The molecule has 1 aliphatic rings. The Morgan fingerprint density at radius 2 is 0.393 bits per heavy atom. The SMILES string of the molecule is c1ccc(-c2cccc(-c3cccc(-c4ccc(-c5cccc6c5Cc5c(-c7ccc(-c8cccc(-c9cccc(-c%10ccccc%10)c9)c8)cc7)cccc5-6)cc4)c3)c2)cc1. The molecule has 0 unspecified atom stereocenters. The molecule has 0 N–H and O–H groups in total. The lowest BCUT2D eigenvalue weighted by Gasteiger charge is -2.11. The van der Waals surface area contributed by atoms with E-state index in [1.54, 1.807) is 0 Å². The van der Waals surface area contributed by atoms with Gasteiger partial charge >= 0.3 is 0 Å². The molecule has 1 aliphatic carbocycles. The van der Waals surface area contributed by atoms with E-state index < -0.39 is 0 Å². The Balaban J connectivity index is 0.839. The van der Waals surface area contributed by atoms with Crippen molar-refractivity contribution >= 4 is 0 Å². The molecule has 0 bridgehead atoms. The Hall–Kier alpha value is -7.80. The summed E-state index contributed by atoms with van der Waals surface area (Å²) >= 11 is 0. The molecule has 0 spiro atoms. The van der Waals surface area contributed by atoms with Crippen molar-refractivity contribution in [2.75, 3.05) is 0 Å². The Bertz CT molecular complexity index is 2950. The number of rotatable bonds is 8. The summed E-state index contributed by atoms with van der Waals surface area (Å²) in [6.45, 7) is 0. The summed E-state index contributed by atoms with van der Waals surface area (Å²) in [6, 6.07) is 88.6. The molecule has 0 saturated carbocycles. The molecular weight excluding hydrogens is 733 g/mol. The summed E-state index contributed by atoms with van der Waals surface area (Å²) in [4.78, 5) is 0. The highest BCUT2D eigenvalue weighted by Gasteiger charge is 2.24. The zero-order valence-corrected chi connectivity index (χ0v) is 33.8. The molecule has 0 aliphatic heterocycles. The van der Waals surface area contributed by atoms with Gasteiger partial charge in [0, 0.05) is 0 Å². The predicted octanol–water partition coefficient (Wildman–Crippen LogP) is 16.6. The van der Waals surface area contributed by atoms with Gasteiger partial charge < -0.3 is 0 Å². The molecule has 0 heteroatoms. The fourth-order valence-corrected chi connectivity index (χ4v) is 9.24. The Labute approximate surface area is 358 Å². The molecule has 10 aromatic carbocycles. The number of fused-ring (bicyclic) bond motifs is 3. The van der Waals surface area contributed by atoms with Crippen LogP contribution in [-0.4, -0.2) is 0 Å². The van der Waals surface area contributed by atoms with E-state index in [4.69, 9.17) is 0 Å². The van der Waals surface area contributed by atoms with Crippen molar-refractivity contribution < 1.29 is 0 Å². The summed E-state index contributed by atoms with van der Waals surface area (Å²) in [5.41, 5.74) is 25.3. The quantitative estimate of drug-likeness (QED) is 0.144. The van der Waals surface area contributed by atoms with Gasteiger partial charge in [0.25, 0.3) is 0 Å². The molecule has 61 heavy (non-hydrogen) atoms. The van der Waals surface area contributed by atoms with Crippen LogP contribution in [0.1, 0.15) is 11.1 Å². The highest BCUT2D eigenvalue weighted by Crippen LogP contribution is 2.46. The first-order valence-corrected chi connectivity index (χ1v) is 21.2. The molecular formula is C61H42. The highest BCUT2D eigenvalue weighted by atomic mass is 14.3. The van der Waals surface area contributed by atoms with Gasteiger partial charge in [-0.3, -0.25) is 0 Å². The van der Waals surface area contributed by atoms with Gasteiger partial charge in [-0.1, -0.05) is 218 Å². The first-order chi connectivity index (χ1) is 30.2. The molecule has 0 saturated heterocycles. The van der Waals surface area contributed by atoms with Gasteiger partial charge in [0.15, 0.2) is 0 Å². The van der Waals surface area contributed by atoms with Crippen LogP contribution in [-0.2, 0) is 6.42 Å². The first kappa shape index (κ1) is 36.3. The topological polar surface area (TPSA) is 0 Å². The minimum Gasteiger partial charge on any atom is -0.0622 e. The summed E-state index contributed by atoms with van der Waals surface area (Å²) in [5.74, 6) is 0. The maximum absolute atomic E-state index is 2.31. The largest absolute Gasteiger partial charge is 0.0622 e. The van der Waals surface area contributed by atoms with Gasteiger partial charge in [0.05, 0.1) is 0 Å². The highest BCUT2D eigenvalue weighted by molar-refractivity contribution is 5.90. The predicted molar refractivity (Wildman–Crippen MR) is 258 cm³/mol. The molecule has 11 rings (SSSR count). The van der Waals surface area contributed by atoms with E-state index >= 15 is 0 Å². The van der Waals surface area contributed by atoms with Crippen LogP contribution in [0.5, 0.6) is 0 Å². The van der Waals surface area contributed by atoms with Crippen LogP contribution in [0.25, 0.3) is 100 Å². The minimum absolute atomic E-state index is 0.911. The zero-order chi connectivity index (χ0) is 40.5. The molecule has 0 amide bonds. The second kappa shape index (κ2) is 15.8. The molecule has 0 aromatic heterocycles.